The molecule has 0 saturated heterocycles. The normalized spacial score (nSPS) is 17.8. The average molecular weight is 264 g/mol. The highest BCUT2D eigenvalue weighted by molar-refractivity contribution is 5.86. The van der Waals surface area contributed by atoms with Crippen molar-refractivity contribution >= 4 is 10.8 Å². The Hall–Kier alpha value is -1.85. The summed E-state index contributed by atoms with van der Waals surface area (Å²) in [5.41, 5.74) is 1.11. The van der Waals surface area contributed by atoms with Gasteiger partial charge in [-0.25, -0.2) is 0 Å². The number of hydrogen-bond acceptors (Lipinski definition) is 2. The van der Waals surface area contributed by atoms with E-state index in [1.165, 1.54) is 42.9 Å². The number of rotatable bonds is 3. The highest BCUT2D eigenvalue weighted by Gasteiger charge is 2.20. The lowest BCUT2D eigenvalue weighted by atomic mass is 9.93. The number of nitrogens with zero attached hydrogens (tertiary/aromatic N) is 1. The third-order valence-corrected chi connectivity index (χ3v) is 4.27. The zero-order chi connectivity index (χ0) is 13.8. The molecule has 2 heteroatoms. The second-order valence-corrected chi connectivity index (χ2v) is 5.63. The molecule has 0 amide bonds. The number of fused-ring (bicyclic) bond motifs is 1. The molecule has 2 aromatic rings. The monoisotopic (exact) mass is 264 g/mol. The van der Waals surface area contributed by atoms with Gasteiger partial charge in [-0.15, -0.1) is 0 Å². The maximum absolute atomic E-state index is 9.56. The van der Waals surface area contributed by atoms with E-state index in [9.17, 15) is 5.26 Å². The molecule has 1 aliphatic rings. The Morgan fingerprint density at radius 2 is 1.75 bits per heavy atom. The molecule has 1 atom stereocenters. The van der Waals surface area contributed by atoms with Crippen LogP contribution in [0.5, 0.6) is 0 Å². The van der Waals surface area contributed by atoms with Gasteiger partial charge >= 0.3 is 0 Å². The molecule has 20 heavy (non-hydrogen) atoms. The van der Waals surface area contributed by atoms with Crippen molar-refractivity contribution in [3.05, 3.63) is 48.0 Å². The standard InChI is InChI=1S/C18H20N2/c19-13-18(20-15-9-2-1-3-10-15)17-12-6-8-14-7-4-5-11-16(14)17/h4-8,11-12,15,18,20H,1-3,9-10H2. The van der Waals surface area contributed by atoms with Crippen LogP contribution >= 0.6 is 0 Å². The number of nitriles is 1. The minimum atomic E-state index is -0.204. The van der Waals surface area contributed by atoms with Crippen LogP contribution in [-0.4, -0.2) is 6.04 Å². The Morgan fingerprint density at radius 3 is 2.55 bits per heavy atom. The first-order valence-corrected chi connectivity index (χ1v) is 7.52. The van der Waals surface area contributed by atoms with Crippen molar-refractivity contribution < 1.29 is 0 Å². The van der Waals surface area contributed by atoms with E-state index in [1.807, 2.05) is 18.2 Å². The molecule has 3 rings (SSSR count). The van der Waals surface area contributed by atoms with E-state index in [1.54, 1.807) is 0 Å². The Bertz CT molecular complexity index is 615. The number of benzene rings is 2. The minimum absolute atomic E-state index is 0.204. The molecule has 0 heterocycles. The zero-order valence-corrected chi connectivity index (χ0v) is 11.7. The first-order chi connectivity index (χ1) is 9.88. The van der Waals surface area contributed by atoms with Crippen molar-refractivity contribution in [1.82, 2.24) is 5.32 Å². The van der Waals surface area contributed by atoms with Crippen molar-refractivity contribution in [3.63, 3.8) is 0 Å². The van der Waals surface area contributed by atoms with E-state index < -0.39 is 0 Å². The van der Waals surface area contributed by atoms with Gasteiger partial charge in [0.2, 0.25) is 0 Å². The van der Waals surface area contributed by atoms with Crippen molar-refractivity contribution in [1.29, 1.82) is 5.26 Å². The summed E-state index contributed by atoms with van der Waals surface area (Å²) in [5, 5.41) is 15.5. The van der Waals surface area contributed by atoms with E-state index in [4.69, 9.17) is 0 Å². The van der Waals surface area contributed by atoms with E-state index in [-0.39, 0.29) is 6.04 Å². The predicted octanol–water partition coefficient (Wildman–Crippen LogP) is 4.33. The maximum Gasteiger partial charge on any atom is 0.122 e. The lowest BCUT2D eigenvalue weighted by Crippen LogP contribution is -2.33. The van der Waals surface area contributed by atoms with Gasteiger partial charge in [0.25, 0.3) is 0 Å². The third-order valence-electron chi connectivity index (χ3n) is 4.27. The maximum atomic E-state index is 9.56. The van der Waals surface area contributed by atoms with Gasteiger partial charge in [0.05, 0.1) is 6.07 Å². The average Bonchev–Trinajstić information content (AvgIpc) is 2.53. The second-order valence-electron chi connectivity index (χ2n) is 5.63. The van der Waals surface area contributed by atoms with Crippen LogP contribution in [-0.2, 0) is 0 Å². The first kappa shape index (κ1) is 13.1. The summed E-state index contributed by atoms with van der Waals surface area (Å²) in [5.74, 6) is 0. The summed E-state index contributed by atoms with van der Waals surface area (Å²) in [6.45, 7) is 0. The van der Waals surface area contributed by atoms with Gasteiger partial charge in [-0.2, -0.15) is 5.26 Å². The molecule has 0 aromatic heterocycles. The molecule has 0 aliphatic heterocycles. The SMILES string of the molecule is N#CC(NC1CCCCC1)c1cccc2ccccc12. The van der Waals surface area contributed by atoms with E-state index in [0.717, 1.165) is 5.56 Å². The zero-order valence-electron chi connectivity index (χ0n) is 11.7. The lowest BCUT2D eigenvalue weighted by molar-refractivity contribution is 0.360. The molecular formula is C18H20N2. The van der Waals surface area contributed by atoms with Crippen LogP contribution in [0.3, 0.4) is 0 Å². The molecule has 1 unspecified atom stereocenters. The highest BCUT2D eigenvalue weighted by atomic mass is 14.9. The Kier molecular flexibility index (Phi) is 3.99. The molecule has 2 aromatic carbocycles. The Labute approximate surface area is 120 Å². The van der Waals surface area contributed by atoms with Crippen LogP contribution in [0.2, 0.25) is 0 Å². The minimum Gasteiger partial charge on any atom is -0.295 e. The molecule has 1 fully saturated rings. The van der Waals surface area contributed by atoms with Crippen molar-refractivity contribution in [3.8, 4) is 6.07 Å². The van der Waals surface area contributed by atoms with Crippen LogP contribution < -0.4 is 5.32 Å². The topological polar surface area (TPSA) is 35.8 Å². The predicted molar refractivity (Wildman–Crippen MR) is 82.3 cm³/mol. The molecule has 1 saturated carbocycles. The first-order valence-electron chi connectivity index (χ1n) is 7.52. The van der Waals surface area contributed by atoms with Gasteiger partial charge in [0.15, 0.2) is 0 Å². The molecule has 0 radical (unpaired) electrons. The van der Waals surface area contributed by atoms with Crippen molar-refractivity contribution in [2.24, 2.45) is 0 Å². The van der Waals surface area contributed by atoms with Gasteiger partial charge in [-0.05, 0) is 29.2 Å². The summed E-state index contributed by atoms with van der Waals surface area (Å²) < 4.78 is 0. The molecule has 1 N–H and O–H groups in total. The summed E-state index contributed by atoms with van der Waals surface area (Å²) in [4.78, 5) is 0. The second kappa shape index (κ2) is 6.07. The summed E-state index contributed by atoms with van der Waals surface area (Å²) in [6, 6.07) is 17.3. The van der Waals surface area contributed by atoms with Crippen LogP contribution in [0, 0.1) is 11.3 Å². The van der Waals surface area contributed by atoms with Crippen LogP contribution in [0.25, 0.3) is 10.8 Å². The summed E-state index contributed by atoms with van der Waals surface area (Å²) >= 11 is 0. The van der Waals surface area contributed by atoms with E-state index in [0.29, 0.717) is 6.04 Å². The smallest absolute Gasteiger partial charge is 0.122 e. The molecule has 102 valence electrons. The lowest BCUT2D eigenvalue weighted by Gasteiger charge is -2.26. The van der Waals surface area contributed by atoms with Crippen molar-refractivity contribution in [2.45, 2.75) is 44.2 Å². The fourth-order valence-corrected chi connectivity index (χ4v) is 3.20. The quantitative estimate of drug-likeness (QED) is 0.895. The van der Waals surface area contributed by atoms with Gasteiger partial charge < -0.3 is 0 Å². The van der Waals surface area contributed by atoms with Crippen LogP contribution in [0.15, 0.2) is 42.5 Å². The highest BCUT2D eigenvalue weighted by Crippen LogP contribution is 2.26. The third kappa shape index (κ3) is 2.69. The van der Waals surface area contributed by atoms with Gasteiger partial charge in [0.1, 0.15) is 6.04 Å². The van der Waals surface area contributed by atoms with E-state index >= 15 is 0 Å². The van der Waals surface area contributed by atoms with Crippen LogP contribution in [0.4, 0.5) is 0 Å². The van der Waals surface area contributed by atoms with Crippen LogP contribution in [0.1, 0.15) is 43.7 Å². The van der Waals surface area contributed by atoms with Crippen molar-refractivity contribution in [2.75, 3.05) is 0 Å². The van der Waals surface area contributed by atoms with Gasteiger partial charge in [0, 0.05) is 6.04 Å². The molecule has 0 spiro atoms. The fraction of sp³-hybridized carbons (Fsp3) is 0.389. The van der Waals surface area contributed by atoms with Gasteiger partial charge in [-0.1, -0.05) is 61.7 Å². The fourth-order valence-electron chi connectivity index (χ4n) is 3.20. The Morgan fingerprint density at radius 1 is 1.00 bits per heavy atom. The molecule has 2 nitrogen and oxygen atoms in total. The molecule has 1 aliphatic carbocycles. The largest absolute Gasteiger partial charge is 0.295 e. The number of nitrogens with one attached hydrogen (secondary N) is 1. The van der Waals surface area contributed by atoms with Gasteiger partial charge in [-0.3, -0.25) is 5.32 Å². The molecular weight excluding hydrogens is 244 g/mol. The summed E-state index contributed by atoms with van der Waals surface area (Å²) in [6.07, 6.45) is 6.30. The number of hydrogen-bond donors (Lipinski definition) is 1. The summed E-state index contributed by atoms with van der Waals surface area (Å²) in [7, 11) is 0. The Balaban J connectivity index is 1.89. The molecule has 0 bridgehead atoms. The van der Waals surface area contributed by atoms with E-state index in [2.05, 4.69) is 35.7 Å².